The minimum atomic E-state index is -1.23. The highest BCUT2D eigenvalue weighted by Gasteiger charge is 2.10. The molecular weight excluding hydrogens is 251 g/mol. The van der Waals surface area contributed by atoms with Crippen LogP contribution < -0.4 is 0 Å². The van der Waals surface area contributed by atoms with E-state index in [1.165, 1.54) is 0 Å². The lowest BCUT2D eigenvalue weighted by atomic mass is 10.2. The fraction of sp³-hybridized carbons (Fsp3) is 0.0909. The molecule has 0 heterocycles. The first kappa shape index (κ1) is 13.2. The lowest BCUT2D eigenvalue weighted by Gasteiger charge is -2.01. The largest absolute Gasteiger partial charge is 0.423 e. The summed E-state index contributed by atoms with van der Waals surface area (Å²) >= 11 is 4.81. The van der Waals surface area contributed by atoms with Crippen LogP contribution >= 0.6 is 11.6 Å². The van der Waals surface area contributed by atoms with Crippen molar-refractivity contribution in [2.75, 3.05) is 6.79 Å². The Morgan fingerprint density at radius 2 is 1.88 bits per heavy atom. The second-order valence-corrected chi connectivity index (χ2v) is 3.14. The van der Waals surface area contributed by atoms with Crippen molar-refractivity contribution in [3.05, 3.63) is 41.7 Å². The molecule has 0 saturated carbocycles. The summed E-state index contributed by atoms with van der Waals surface area (Å²) in [7, 11) is 0. The van der Waals surface area contributed by atoms with Gasteiger partial charge in [0.1, 0.15) is 0 Å². The zero-order valence-corrected chi connectivity index (χ0v) is 9.32. The second kappa shape index (κ2) is 6.65. The molecule has 1 rings (SSSR count). The molecule has 0 radical (unpaired) electrons. The third-order valence-corrected chi connectivity index (χ3v) is 1.76. The fourth-order valence-corrected chi connectivity index (χ4v) is 0.997. The van der Waals surface area contributed by atoms with Crippen LogP contribution in [0.2, 0.25) is 0 Å². The lowest BCUT2D eigenvalue weighted by molar-refractivity contribution is -0.148. The van der Waals surface area contributed by atoms with E-state index in [1.54, 1.807) is 30.3 Å². The molecule has 17 heavy (non-hydrogen) atoms. The van der Waals surface area contributed by atoms with Crippen LogP contribution in [0.5, 0.6) is 0 Å². The Morgan fingerprint density at radius 3 is 2.47 bits per heavy atom. The van der Waals surface area contributed by atoms with Gasteiger partial charge >= 0.3 is 11.4 Å². The first-order valence-corrected chi connectivity index (χ1v) is 4.89. The van der Waals surface area contributed by atoms with Crippen LogP contribution in [-0.2, 0) is 14.3 Å². The number of esters is 1. The van der Waals surface area contributed by atoms with Crippen LogP contribution in [0.4, 0.5) is 9.18 Å². The summed E-state index contributed by atoms with van der Waals surface area (Å²) < 4.78 is 21.6. The number of carbonyl (C=O) groups excluding carboxylic acids is 2. The summed E-state index contributed by atoms with van der Waals surface area (Å²) in [6.45, 7) is -0.725. The summed E-state index contributed by atoms with van der Waals surface area (Å²) in [6.07, 6.45) is 1.00. The number of hydrogen-bond acceptors (Lipinski definition) is 4. The molecule has 0 saturated heterocycles. The van der Waals surface area contributed by atoms with Crippen molar-refractivity contribution >= 4 is 29.1 Å². The van der Waals surface area contributed by atoms with E-state index in [9.17, 15) is 14.0 Å². The Labute approximate surface area is 102 Å². The van der Waals surface area contributed by atoms with Gasteiger partial charge in [-0.15, -0.1) is 0 Å². The molecule has 1 aromatic rings. The van der Waals surface area contributed by atoms with Gasteiger partial charge in [0.25, 0.3) is 0 Å². The maximum atomic E-state index is 13.2. The van der Waals surface area contributed by atoms with E-state index in [0.717, 1.165) is 6.08 Å². The minimum Gasteiger partial charge on any atom is -0.423 e. The average molecular weight is 259 g/mol. The van der Waals surface area contributed by atoms with Crippen molar-refractivity contribution in [1.82, 2.24) is 0 Å². The molecule has 1 aromatic carbocycles. The van der Waals surface area contributed by atoms with Gasteiger partial charge in [-0.2, -0.15) is 4.39 Å². The van der Waals surface area contributed by atoms with Crippen molar-refractivity contribution in [1.29, 1.82) is 0 Å². The monoisotopic (exact) mass is 258 g/mol. The van der Waals surface area contributed by atoms with E-state index in [-0.39, 0.29) is 0 Å². The van der Waals surface area contributed by atoms with Gasteiger partial charge in [-0.1, -0.05) is 30.3 Å². The molecule has 0 aliphatic carbocycles. The van der Waals surface area contributed by atoms with Gasteiger partial charge in [-0.05, 0) is 11.6 Å². The van der Waals surface area contributed by atoms with Crippen molar-refractivity contribution < 1.29 is 23.5 Å². The smallest absolute Gasteiger partial charge is 0.406 e. The van der Waals surface area contributed by atoms with Crippen molar-refractivity contribution in [3.8, 4) is 0 Å². The number of ether oxygens (including phenoxy) is 2. The predicted octanol–water partition coefficient (Wildman–Crippen LogP) is 2.87. The number of rotatable bonds is 4. The molecule has 0 atom stereocenters. The van der Waals surface area contributed by atoms with Gasteiger partial charge in [-0.3, -0.25) is 0 Å². The summed E-state index contributed by atoms with van der Waals surface area (Å²) in [5, 5.41) is 0. The summed E-state index contributed by atoms with van der Waals surface area (Å²) in [4.78, 5) is 21.2. The van der Waals surface area contributed by atoms with Crippen LogP contribution in [0.25, 0.3) is 6.08 Å². The van der Waals surface area contributed by atoms with Crippen LogP contribution in [-0.4, -0.2) is 18.2 Å². The highest BCUT2D eigenvalue weighted by atomic mass is 35.5. The molecule has 0 aliphatic rings. The van der Waals surface area contributed by atoms with Gasteiger partial charge in [0.2, 0.25) is 12.6 Å². The Balaban J connectivity index is 2.52. The summed E-state index contributed by atoms with van der Waals surface area (Å²) in [5.41, 5.74) is -0.624. The highest BCUT2D eigenvalue weighted by Crippen LogP contribution is 2.09. The number of hydrogen-bond donors (Lipinski definition) is 0. The Bertz CT molecular complexity index is 430. The van der Waals surface area contributed by atoms with E-state index < -0.39 is 24.0 Å². The van der Waals surface area contributed by atoms with E-state index >= 15 is 0 Å². The molecule has 0 unspecified atom stereocenters. The molecular formula is C11H8ClFO4. The SMILES string of the molecule is O=C(Cl)OCOC(=O)/C(F)=C/c1ccccc1. The predicted molar refractivity (Wildman–Crippen MR) is 58.8 cm³/mol. The number of halogens is 2. The standard InChI is InChI=1S/C11H8ClFO4/c12-11(15)17-7-16-10(14)9(13)6-8-4-2-1-3-5-8/h1-6H,7H2/b9-6-. The van der Waals surface area contributed by atoms with Gasteiger partial charge in [0, 0.05) is 11.6 Å². The molecule has 90 valence electrons. The molecule has 4 nitrogen and oxygen atoms in total. The molecule has 0 bridgehead atoms. The zero-order valence-electron chi connectivity index (χ0n) is 8.56. The Kier molecular flexibility index (Phi) is 5.16. The van der Waals surface area contributed by atoms with Crippen LogP contribution in [0, 0.1) is 0 Å². The van der Waals surface area contributed by atoms with Gasteiger partial charge in [0.05, 0.1) is 0 Å². The quantitative estimate of drug-likeness (QED) is 0.361. The topological polar surface area (TPSA) is 52.6 Å². The van der Waals surface area contributed by atoms with E-state index in [2.05, 4.69) is 9.47 Å². The Morgan fingerprint density at radius 1 is 1.24 bits per heavy atom. The number of benzene rings is 1. The average Bonchev–Trinajstić information content (AvgIpc) is 2.29. The lowest BCUT2D eigenvalue weighted by Crippen LogP contribution is -2.09. The first-order chi connectivity index (χ1) is 8.09. The van der Waals surface area contributed by atoms with Crippen LogP contribution in [0.15, 0.2) is 36.2 Å². The Hall–Kier alpha value is -1.88. The molecule has 0 N–H and O–H groups in total. The van der Waals surface area contributed by atoms with Crippen molar-refractivity contribution in [2.45, 2.75) is 0 Å². The van der Waals surface area contributed by atoms with E-state index in [4.69, 9.17) is 11.6 Å². The third-order valence-electron chi connectivity index (χ3n) is 1.65. The molecule has 0 aliphatic heterocycles. The molecule has 0 spiro atoms. The first-order valence-electron chi connectivity index (χ1n) is 4.51. The highest BCUT2D eigenvalue weighted by molar-refractivity contribution is 6.61. The third kappa shape index (κ3) is 5.12. The fourth-order valence-electron chi connectivity index (χ4n) is 0.953. The van der Waals surface area contributed by atoms with E-state index in [1.807, 2.05) is 0 Å². The van der Waals surface area contributed by atoms with Crippen molar-refractivity contribution in [3.63, 3.8) is 0 Å². The maximum absolute atomic E-state index is 13.2. The number of carbonyl (C=O) groups is 2. The normalized spacial score (nSPS) is 10.8. The summed E-state index contributed by atoms with van der Waals surface area (Å²) in [6, 6.07) is 8.38. The van der Waals surface area contributed by atoms with Crippen LogP contribution in [0.3, 0.4) is 0 Å². The molecule has 0 fully saturated rings. The van der Waals surface area contributed by atoms with E-state index in [0.29, 0.717) is 5.56 Å². The maximum Gasteiger partial charge on any atom is 0.406 e. The zero-order chi connectivity index (χ0) is 12.7. The van der Waals surface area contributed by atoms with Gasteiger partial charge in [-0.25, -0.2) is 9.59 Å². The molecule has 0 amide bonds. The van der Waals surface area contributed by atoms with Crippen LogP contribution in [0.1, 0.15) is 5.56 Å². The van der Waals surface area contributed by atoms with Crippen molar-refractivity contribution in [2.24, 2.45) is 0 Å². The van der Waals surface area contributed by atoms with Gasteiger partial charge in [0.15, 0.2) is 0 Å². The molecule has 0 aromatic heterocycles. The minimum absolute atomic E-state index is 0.510. The van der Waals surface area contributed by atoms with Gasteiger partial charge < -0.3 is 9.47 Å². The summed E-state index contributed by atoms with van der Waals surface area (Å²) in [5.74, 6) is -2.33. The second-order valence-electron chi connectivity index (χ2n) is 2.83. The molecule has 6 heteroatoms.